The second-order valence-electron chi connectivity index (χ2n) is 11.4. The summed E-state index contributed by atoms with van der Waals surface area (Å²) in [6.07, 6.45) is 0. The SMILES string of the molecule is Cc1ccccc1-c1cc(-c2ccc3sc4c(-c5cccc6c5sc5sc7ccccc7c56)cccc4c3c2)ccc1C. The summed E-state index contributed by atoms with van der Waals surface area (Å²) in [5.41, 5.74) is 10.4. The maximum absolute atomic E-state index is 2.40. The number of benzene rings is 6. The van der Waals surface area contributed by atoms with Crippen LogP contribution in [0.25, 0.3) is 83.1 Å². The lowest BCUT2D eigenvalue weighted by molar-refractivity contribution is 1.41. The zero-order valence-corrected chi connectivity index (χ0v) is 26.2. The van der Waals surface area contributed by atoms with Gasteiger partial charge in [-0.2, -0.15) is 0 Å². The summed E-state index contributed by atoms with van der Waals surface area (Å²) in [5, 5.41) is 6.84. The zero-order chi connectivity index (χ0) is 28.7. The number of hydrogen-bond acceptors (Lipinski definition) is 3. The van der Waals surface area contributed by atoms with E-state index in [4.69, 9.17) is 0 Å². The van der Waals surface area contributed by atoms with Gasteiger partial charge in [0.05, 0.1) is 4.01 Å². The Morgan fingerprint density at radius 3 is 1.88 bits per heavy atom. The molecule has 3 aromatic heterocycles. The minimum Gasteiger partial charge on any atom is -0.135 e. The van der Waals surface area contributed by atoms with E-state index in [-0.39, 0.29) is 0 Å². The third-order valence-corrected chi connectivity index (χ3v) is 12.6. The Morgan fingerprint density at radius 1 is 0.395 bits per heavy atom. The van der Waals surface area contributed by atoms with Crippen LogP contribution in [0.3, 0.4) is 0 Å². The third kappa shape index (κ3) is 3.86. The van der Waals surface area contributed by atoms with Gasteiger partial charge < -0.3 is 0 Å². The highest BCUT2D eigenvalue weighted by Crippen LogP contribution is 2.49. The molecule has 0 saturated heterocycles. The summed E-state index contributed by atoms with van der Waals surface area (Å²) in [5.74, 6) is 0. The first-order chi connectivity index (χ1) is 21.1. The van der Waals surface area contributed by atoms with Crippen molar-refractivity contribution in [1.82, 2.24) is 0 Å². The molecule has 0 atom stereocenters. The van der Waals surface area contributed by atoms with E-state index in [9.17, 15) is 0 Å². The molecule has 3 heterocycles. The Bertz CT molecular complexity index is 2540. The van der Waals surface area contributed by atoms with Crippen LogP contribution in [0.15, 0.2) is 121 Å². The topological polar surface area (TPSA) is 0 Å². The second kappa shape index (κ2) is 9.62. The van der Waals surface area contributed by atoms with Crippen molar-refractivity contribution in [1.29, 1.82) is 0 Å². The molecule has 0 saturated carbocycles. The lowest BCUT2D eigenvalue weighted by atomic mass is 9.92. The number of thiophene rings is 3. The van der Waals surface area contributed by atoms with Crippen molar-refractivity contribution in [2.24, 2.45) is 0 Å². The predicted molar refractivity (Wildman–Crippen MR) is 193 cm³/mol. The van der Waals surface area contributed by atoms with Gasteiger partial charge in [0.1, 0.15) is 0 Å². The van der Waals surface area contributed by atoms with Gasteiger partial charge in [-0.15, -0.1) is 34.0 Å². The molecule has 0 fully saturated rings. The first kappa shape index (κ1) is 25.2. The van der Waals surface area contributed by atoms with Crippen molar-refractivity contribution in [3.05, 3.63) is 132 Å². The lowest BCUT2D eigenvalue weighted by Gasteiger charge is -2.12. The average Bonchev–Trinajstić information content (AvgIpc) is 3.71. The van der Waals surface area contributed by atoms with Gasteiger partial charge in [-0.1, -0.05) is 97.1 Å². The molecule has 0 bridgehead atoms. The van der Waals surface area contributed by atoms with Crippen molar-refractivity contribution < 1.29 is 0 Å². The van der Waals surface area contributed by atoms with Gasteiger partial charge in [0.2, 0.25) is 0 Å². The summed E-state index contributed by atoms with van der Waals surface area (Å²) in [4.78, 5) is 0. The fraction of sp³-hybridized carbons (Fsp3) is 0.0500. The molecule has 0 N–H and O–H groups in total. The smallest absolute Gasteiger partial charge is 0.0890 e. The van der Waals surface area contributed by atoms with E-state index in [2.05, 4.69) is 135 Å². The van der Waals surface area contributed by atoms with Gasteiger partial charge in [0, 0.05) is 56.9 Å². The lowest BCUT2D eigenvalue weighted by Crippen LogP contribution is -1.88. The van der Waals surface area contributed by atoms with Crippen LogP contribution in [0.5, 0.6) is 0 Å². The summed E-state index contributed by atoms with van der Waals surface area (Å²) >= 11 is 5.79. The van der Waals surface area contributed by atoms with Crippen LogP contribution in [0.4, 0.5) is 0 Å². The van der Waals surface area contributed by atoms with E-state index in [0.717, 1.165) is 0 Å². The van der Waals surface area contributed by atoms with Crippen molar-refractivity contribution >= 4 is 83.8 Å². The summed E-state index contributed by atoms with van der Waals surface area (Å²) in [6, 6.07) is 45.1. The van der Waals surface area contributed by atoms with Gasteiger partial charge >= 0.3 is 0 Å². The molecule has 9 aromatic rings. The van der Waals surface area contributed by atoms with Crippen molar-refractivity contribution in [3.63, 3.8) is 0 Å². The van der Waals surface area contributed by atoms with Crippen LogP contribution in [0.2, 0.25) is 0 Å². The van der Waals surface area contributed by atoms with E-state index in [1.165, 1.54) is 94.3 Å². The van der Waals surface area contributed by atoms with Crippen LogP contribution >= 0.6 is 34.0 Å². The van der Waals surface area contributed by atoms with Crippen LogP contribution in [0, 0.1) is 13.8 Å². The van der Waals surface area contributed by atoms with Gasteiger partial charge in [0.25, 0.3) is 0 Å². The van der Waals surface area contributed by atoms with Crippen LogP contribution in [0.1, 0.15) is 11.1 Å². The van der Waals surface area contributed by atoms with Gasteiger partial charge in [-0.25, -0.2) is 0 Å². The third-order valence-electron chi connectivity index (χ3n) is 8.84. The van der Waals surface area contributed by atoms with E-state index >= 15 is 0 Å². The first-order valence-corrected chi connectivity index (χ1v) is 17.0. The van der Waals surface area contributed by atoms with E-state index in [1.807, 2.05) is 34.0 Å². The highest BCUT2D eigenvalue weighted by molar-refractivity contribution is 7.44. The molecule has 0 nitrogen and oxygen atoms in total. The maximum atomic E-state index is 2.40. The molecular weight excluding hydrogens is 577 g/mol. The van der Waals surface area contributed by atoms with Gasteiger partial charge in [-0.05, 0) is 71.5 Å². The molecule has 0 spiro atoms. The molecule has 0 unspecified atom stereocenters. The Balaban J connectivity index is 1.21. The largest absolute Gasteiger partial charge is 0.135 e. The molecule has 0 aliphatic carbocycles. The molecule has 0 amide bonds. The molecule has 6 aromatic carbocycles. The van der Waals surface area contributed by atoms with Crippen LogP contribution < -0.4 is 0 Å². The molecule has 43 heavy (non-hydrogen) atoms. The van der Waals surface area contributed by atoms with Crippen molar-refractivity contribution in [3.8, 4) is 33.4 Å². The van der Waals surface area contributed by atoms with E-state index < -0.39 is 0 Å². The summed E-state index contributed by atoms with van der Waals surface area (Å²) in [7, 11) is 0. The van der Waals surface area contributed by atoms with Crippen LogP contribution in [-0.4, -0.2) is 0 Å². The molecule has 204 valence electrons. The van der Waals surface area contributed by atoms with Gasteiger partial charge in [0.15, 0.2) is 0 Å². The monoisotopic (exact) mass is 602 g/mol. The number of rotatable bonds is 3. The summed E-state index contributed by atoms with van der Waals surface area (Å²) < 4.78 is 6.89. The predicted octanol–water partition coefficient (Wildman–Crippen LogP) is 13.3. The Labute approximate surface area is 262 Å². The molecule has 9 rings (SSSR count). The Hall–Kier alpha value is -4.28. The molecule has 3 heteroatoms. The fourth-order valence-corrected chi connectivity index (χ4v) is 10.6. The minimum absolute atomic E-state index is 1.26. The molecule has 0 radical (unpaired) electrons. The first-order valence-electron chi connectivity index (χ1n) is 14.6. The number of hydrogen-bond donors (Lipinski definition) is 0. The highest BCUT2D eigenvalue weighted by atomic mass is 32.2. The maximum Gasteiger partial charge on any atom is 0.0890 e. The van der Waals surface area contributed by atoms with Crippen molar-refractivity contribution in [2.45, 2.75) is 13.8 Å². The molecule has 0 aliphatic heterocycles. The van der Waals surface area contributed by atoms with E-state index in [0.29, 0.717) is 0 Å². The second-order valence-corrected chi connectivity index (χ2v) is 14.8. The molecular formula is C40H26S3. The van der Waals surface area contributed by atoms with Crippen LogP contribution in [-0.2, 0) is 0 Å². The number of fused-ring (bicyclic) bond motifs is 8. The quantitative estimate of drug-likeness (QED) is 0.189. The Kier molecular flexibility index (Phi) is 5.65. The van der Waals surface area contributed by atoms with Gasteiger partial charge in [-0.3, -0.25) is 0 Å². The van der Waals surface area contributed by atoms with E-state index in [1.54, 1.807) is 0 Å². The zero-order valence-electron chi connectivity index (χ0n) is 23.8. The fourth-order valence-electron chi connectivity index (χ4n) is 6.66. The standard InChI is InChI=1S/C40H26S3/c1-23-9-3-4-10-27(23)33-21-25(18-17-24(33)2)26-19-20-36-34(22-26)30-14-7-12-28(38(30)41-36)29-13-8-15-32-37-31-11-5-6-16-35(31)42-40(37)43-39(29)32/h3-22H,1-2H3. The van der Waals surface area contributed by atoms with Crippen molar-refractivity contribution in [2.75, 3.05) is 0 Å². The minimum atomic E-state index is 1.26. The average molecular weight is 603 g/mol. The normalized spacial score (nSPS) is 12.0. The highest BCUT2D eigenvalue weighted by Gasteiger charge is 2.18. The number of aryl methyl sites for hydroxylation is 2. The molecule has 0 aliphatic rings. The summed E-state index contributed by atoms with van der Waals surface area (Å²) in [6.45, 7) is 4.41. The Morgan fingerprint density at radius 2 is 1.02 bits per heavy atom.